The number of carbonyl (C=O) groups is 2. The van der Waals surface area contributed by atoms with Gasteiger partial charge in [0.2, 0.25) is 5.78 Å². The first-order valence-electron chi connectivity index (χ1n) is 9.30. The number of nitrogens with one attached hydrogen (secondary N) is 1. The summed E-state index contributed by atoms with van der Waals surface area (Å²) in [7, 11) is 1.93. The van der Waals surface area contributed by atoms with Crippen LogP contribution in [0.4, 0.5) is 5.82 Å². The molecule has 1 aliphatic carbocycles. The SMILES string of the molecule is Bc1cccc(C(=O)c2ncn(-c3cc(C(=O)NC4CC4)ccc3C)c2N)c1. The molecule has 2 aromatic carbocycles. The number of aryl methyl sites for hydroxylation is 1. The number of aromatic nitrogens is 2. The van der Waals surface area contributed by atoms with E-state index in [1.807, 2.05) is 39.0 Å². The number of hydrogen-bond donors (Lipinski definition) is 2. The molecule has 1 saturated carbocycles. The highest BCUT2D eigenvalue weighted by Crippen LogP contribution is 2.24. The van der Waals surface area contributed by atoms with E-state index in [1.54, 1.807) is 22.8 Å². The number of nitrogens with two attached hydrogens (primary N) is 1. The van der Waals surface area contributed by atoms with Crippen LogP contribution >= 0.6 is 0 Å². The second-order valence-corrected chi connectivity index (χ2v) is 7.30. The lowest BCUT2D eigenvalue weighted by Gasteiger charge is -2.12. The van der Waals surface area contributed by atoms with Crippen molar-refractivity contribution in [3.8, 4) is 5.69 Å². The Bertz CT molecular complexity index is 1090. The zero-order valence-corrected chi connectivity index (χ0v) is 15.9. The lowest BCUT2D eigenvalue weighted by atomic mass is 9.93. The topological polar surface area (TPSA) is 90.0 Å². The number of amides is 1. The molecule has 3 N–H and O–H groups in total. The number of anilines is 1. The van der Waals surface area contributed by atoms with Gasteiger partial charge in [0.25, 0.3) is 5.91 Å². The second kappa shape index (κ2) is 7.00. The molecule has 0 bridgehead atoms. The second-order valence-electron chi connectivity index (χ2n) is 7.30. The van der Waals surface area contributed by atoms with Crippen LogP contribution in [0.25, 0.3) is 5.69 Å². The van der Waals surface area contributed by atoms with Crippen molar-refractivity contribution in [1.29, 1.82) is 0 Å². The van der Waals surface area contributed by atoms with E-state index >= 15 is 0 Å². The highest BCUT2D eigenvalue weighted by atomic mass is 16.1. The number of carbonyl (C=O) groups excluding carboxylic acids is 2. The predicted octanol–water partition coefficient (Wildman–Crippen LogP) is 1.14. The third-order valence-corrected chi connectivity index (χ3v) is 4.94. The Kier molecular flexibility index (Phi) is 4.51. The van der Waals surface area contributed by atoms with Crippen LogP contribution < -0.4 is 16.5 Å². The van der Waals surface area contributed by atoms with Crippen molar-refractivity contribution in [3.63, 3.8) is 0 Å². The highest BCUT2D eigenvalue weighted by molar-refractivity contribution is 6.33. The number of ketones is 1. The zero-order chi connectivity index (χ0) is 19.8. The summed E-state index contributed by atoms with van der Waals surface area (Å²) in [6.45, 7) is 1.93. The predicted molar refractivity (Wildman–Crippen MR) is 111 cm³/mol. The monoisotopic (exact) mass is 372 g/mol. The first-order valence-corrected chi connectivity index (χ1v) is 9.30. The average molecular weight is 372 g/mol. The van der Waals surface area contributed by atoms with E-state index in [9.17, 15) is 9.59 Å². The van der Waals surface area contributed by atoms with E-state index in [0.717, 1.165) is 29.6 Å². The van der Waals surface area contributed by atoms with Crippen molar-refractivity contribution in [1.82, 2.24) is 14.9 Å². The molecular weight excluding hydrogens is 351 g/mol. The van der Waals surface area contributed by atoms with Gasteiger partial charge in [-0.2, -0.15) is 0 Å². The van der Waals surface area contributed by atoms with Crippen molar-refractivity contribution in [2.24, 2.45) is 0 Å². The Morgan fingerprint density at radius 3 is 2.68 bits per heavy atom. The summed E-state index contributed by atoms with van der Waals surface area (Å²) in [5.41, 5.74) is 10.3. The smallest absolute Gasteiger partial charge is 0.251 e. The largest absolute Gasteiger partial charge is 0.383 e. The number of benzene rings is 2. The van der Waals surface area contributed by atoms with Crippen LogP contribution in [0, 0.1) is 6.92 Å². The van der Waals surface area contributed by atoms with Crippen LogP contribution in [0.2, 0.25) is 0 Å². The Morgan fingerprint density at radius 2 is 1.96 bits per heavy atom. The summed E-state index contributed by atoms with van der Waals surface area (Å²) in [6, 6.07) is 13.1. The van der Waals surface area contributed by atoms with Crippen molar-refractivity contribution in [2.75, 3.05) is 5.73 Å². The maximum absolute atomic E-state index is 12.8. The molecule has 4 rings (SSSR count). The Hall–Kier alpha value is -3.35. The number of hydrogen-bond acceptors (Lipinski definition) is 4. The van der Waals surface area contributed by atoms with Crippen LogP contribution in [-0.4, -0.2) is 35.1 Å². The number of imidazole rings is 1. The van der Waals surface area contributed by atoms with Crippen LogP contribution in [0.15, 0.2) is 48.8 Å². The summed E-state index contributed by atoms with van der Waals surface area (Å²) in [6.07, 6.45) is 3.59. The Labute approximate surface area is 164 Å². The minimum absolute atomic E-state index is 0.0986. The minimum Gasteiger partial charge on any atom is -0.383 e. The van der Waals surface area contributed by atoms with E-state index in [-0.39, 0.29) is 29.2 Å². The van der Waals surface area contributed by atoms with E-state index in [4.69, 9.17) is 5.73 Å². The van der Waals surface area contributed by atoms with E-state index in [0.29, 0.717) is 11.1 Å². The molecule has 1 aliphatic rings. The fourth-order valence-electron chi connectivity index (χ4n) is 3.15. The zero-order valence-electron chi connectivity index (χ0n) is 15.9. The molecule has 0 saturated heterocycles. The van der Waals surface area contributed by atoms with E-state index in [1.165, 1.54) is 6.33 Å². The van der Waals surface area contributed by atoms with Gasteiger partial charge in [-0.25, -0.2) is 4.98 Å². The first kappa shape index (κ1) is 18.0. The molecule has 1 aromatic heterocycles. The van der Waals surface area contributed by atoms with Gasteiger partial charge < -0.3 is 11.1 Å². The Morgan fingerprint density at radius 1 is 1.18 bits per heavy atom. The van der Waals surface area contributed by atoms with Crippen molar-refractivity contribution >= 4 is 30.8 Å². The summed E-state index contributed by atoms with van der Waals surface area (Å²) < 4.78 is 1.66. The Balaban J connectivity index is 1.68. The maximum atomic E-state index is 12.8. The quantitative estimate of drug-likeness (QED) is 0.519. The minimum atomic E-state index is -0.222. The molecule has 28 heavy (non-hydrogen) atoms. The van der Waals surface area contributed by atoms with Crippen LogP contribution in [0.5, 0.6) is 0 Å². The molecule has 140 valence electrons. The van der Waals surface area contributed by atoms with Gasteiger partial charge in [0, 0.05) is 17.2 Å². The molecule has 3 aromatic rings. The normalized spacial score (nSPS) is 13.3. The molecule has 0 spiro atoms. The summed E-state index contributed by atoms with van der Waals surface area (Å²) in [5, 5.41) is 2.98. The fourth-order valence-corrected chi connectivity index (χ4v) is 3.15. The molecule has 1 amide bonds. The van der Waals surface area contributed by atoms with Gasteiger partial charge in [0.05, 0.1) is 5.69 Å². The van der Waals surface area contributed by atoms with Gasteiger partial charge in [-0.3, -0.25) is 14.2 Å². The van der Waals surface area contributed by atoms with Crippen molar-refractivity contribution in [2.45, 2.75) is 25.8 Å². The van der Waals surface area contributed by atoms with Gasteiger partial charge in [-0.15, -0.1) is 0 Å². The maximum Gasteiger partial charge on any atom is 0.251 e. The van der Waals surface area contributed by atoms with Crippen molar-refractivity contribution < 1.29 is 9.59 Å². The number of nitrogen functional groups attached to an aromatic ring is 1. The first-order chi connectivity index (χ1) is 13.4. The van der Waals surface area contributed by atoms with E-state index in [2.05, 4.69) is 10.3 Å². The van der Waals surface area contributed by atoms with E-state index < -0.39 is 0 Å². The summed E-state index contributed by atoms with van der Waals surface area (Å²) >= 11 is 0. The van der Waals surface area contributed by atoms with Crippen LogP contribution in [0.1, 0.15) is 44.8 Å². The van der Waals surface area contributed by atoms with Crippen LogP contribution in [0.3, 0.4) is 0 Å². The van der Waals surface area contributed by atoms with Crippen molar-refractivity contribution in [3.05, 3.63) is 71.2 Å². The standard InChI is InChI=1S/C21H21BN4O2/c1-12-5-6-14(21(28)25-16-7-8-16)10-17(12)26-11-24-18(20(26)23)19(27)13-3-2-4-15(22)9-13/h2-6,9-11,16H,7-8,22-23H2,1H3,(H,25,28). The number of nitrogens with zero attached hydrogens (tertiary/aromatic N) is 2. The molecule has 0 unspecified atom stereocenters. The highest BCUT2D eigenvalue weighted by Gasteiger charge is 2.24. The third kappa shape index (κ3) is 3.43. The molecule has 1 fully saturated rings. The van der Waals surface area contributed by atoms with Crippen LogP contribution in [-0.2, 0) is 0 Å². The lowest BCUT2D eigenvalue weighted by molar-refractivity contribution is 0.0950. The van der Waals surface area contributed by atoms with Gasteiger partial charge >= 0.3 is 0 Å². The number of rotatable bonds is 5. The average Bonchev–Trinajstić information content (AvgIpc) is 3.41. The molecule has 7 heteroatoms. The molecule has 0 aliphatic heterocycles. The van der Waals surface area contributed by atoms with Gasteiger partial charge in [0.15, 0.2) is 5.69 Å². The fraction of sp³-hybridized carbons (Fsp3) is 0.190. The summed E-state index contributed by atoms with van der Waals surface area (Å²) in [5.74, 6) is -0.0620. The van der Waals surface area contributed by atoms with Gasteiger partial charge in [-0.1, -0.05) is 35.8 Å². The molecule has 1 heterocycles. The lowest BCUT2D eigenvalue weighted by Crippen LogP contribution is -2.25. The summed E-state index contributed by atoms with van der Waals surface area (Å²) in [4.78, 5) is 29.5. The third-order valence-electron chi connectivity index (χ3n) is 4.94. The molecule has 0 atom stereocenters. The van der Waals surface area contributed by atoms with Gasteiger partial charge in [-0.05, 0) is 37.5 Å². The van der Waals surface area contributed by atoms with Gasteiger partial charge in [0.1, 0.15) is 20.0 Å². The molecular formula is C21H21BN4O2. The molecule has 6 nitrogen and oxygen atoms in total. The molecule has 0 radical (unpaired) electrons.